The summed E-state index contributed by atoms with van der Waals surface area (Å²) >= 11 is 5.38. The van der Waals surface area contributed by atoms with Crippen LogP contribution >= 0.6 is 12.2 Å². The van der Waals surface area contributed by atoms with Gasteiger partial charge in [-0.15, -0.1) is 0 Å². The third kappa shape index (κ3) is 4.90. The van der Waals surface area contributed by atoms with Gasteiger partial charge < -0.3 is 10.6 Å². The number of Topliss-reactive ketones (excluding diaryl/α,β-unsaturated/α-hetero) is 1. The van der Waals surface area contributed by atoms with Gasteiger partial charge in [-0.05, 0) is 55.2 Å². The molecule has 3 nitrogen and oxygen atoms in total. The molecule has 0 fully saturated rings. The standard InChI is InChI=1S/C20H24N2OS/c1-13(2)16-8-10-17(11-9-16)14(3)21-20(24)22-19-7-5-6-18(12-19)15(4)23/h5-14H,1-4H3,(H2,21,22,24). The van der Waals surface area contributed by atoms with Crippen LogP contribution in [0.4, 0.5) is 5.69 Å². The van der Waals surface area contributed by atoms with Crippen LogP contribution in [0.5, 0.6) is 0 Å². The summed E-state index contributed by atoms with van der Waals surface area (Å²) in [7, 11) is 0. The highest BCUT2D eigenvalue weighted by Gasteiger charge is 2.09. The van der Waals surface area contributed by atoms with Crippen LogP contribution in [0.15, 0.2) is 48.5 Å². The SMILES string of the molecule is CC(=O)c1cccc(NC(=S)NC(C)c2ccc(C(C)C)cc2)c1. The van der Waals surface area contributed by atoms with Crippen molar-refractivity contribution in [3.8, 4) is 0 Å². The molecule has 0 amide bonds. The van der Waals surface area contributed by atoms with E-state index in [9.17, 15) is 4.79 Å². The predicted molar refractivity (Wildman–Crippen MR) is 105 cm³/mol. The molecule has 2 N–H and O–H groups in total. The molecular weight excluding hydrogens is 316 g/mol. The van der Waals surface area contributed by atoms with Gasteiger partial charge in [0.25, 0.3) is 0 Å². The Labute approximate surface area is 149 Å². The second-order valence-electron chi connectivity index (χ2n) is 6.28. The molecule has 24 heavy (non-hydrogen) atoms. The van der Waals surface area contributed by atoms with E-state index in [1.54, 1.807) is 19.1 Å². The number of ketones is 1. The molecule has 0 aliphatic rings. The van der Waals surface area contributed by atoms with Gasteiger partial charge in [-0.25, -0.2) is 0 Å². The molecule has 0 heterocycles. The molecule has 1 unspecified atom stereocenters. The van der Waals surface area contributed by atoms with Crippen LogP contribution < -0.4 is 10.6 Å². The molecule has 0 aromatic heterocycles. The Hall–Kier alpha value is -2.20. The smallest absolute Gasteiger partial charge is 0.171 e. The summed E-state index contributed by atoms with van der Waals surface area (Å²) in [6, 6.07) is 16.0. The maximum Gasteiger partial charge on any atom is 0.171 e. The summed E-state index contributed by atoms with van der Waals surface area (Å²) in [4.78, 5) is 11.4. The molecule has 2 aromatic carbocycles. The van der Waals surface area contributed by atoms with E-state index in [4.69, 9.17) is 12.2 Å². The minimum Gasteiger partial charge on any atom is -0.356 e. The zero-order valence-corrected chi connectivity index (χ0v) is 15.4. The number of carbonyl (C=O) groups excluding carboxylic acids is 1. The Morgan fingerprint density at radius 3 is 2.21 bits per heavy atom. The largest absolute Gasteiger partial charge is 0.356 e. The van der Waals surface area contributed by atoms with Crippen molar-refractivity contribution in [2.24, 2.45) is 0 Å². The first kappa shape index (κ1) is 18.1. The Kier molecular flexibility index (Phi) is 6.10. The van der Waals surface area contributed by atoms with Crippen molar-refractivity contribution in [3.63, 3.8) is 0 Å². The average Bonchev–Trinajstić information content (AvgIpc) is 2.55. The predicted octanol–water partition coefficient (Wildman–Crippen LogP) is 5.06. The second-order valence-corrected chi connectivity index (χ2v) is 6.69. The van der Waals surface area contributed by atoms with Gasteiger partial charge in [0.1, 0.15) is 0 Å². The van der Waals surface area contributed by atoms with Gasteiger partial charge in [-0.3, -0.25) is 4.79 Å². The molecule has 2 rings (SSSR count). The molecule has 0 saturated heterocycles. The number of rotatable bonds is 5. The molecular formula is C20H24N2OS. The number of nitrogens with one attached hydrogen (secondary N) is 2. The molecule has 0 bridgehead atoms. The highest BCUT2D eigenvalue weighted by molar-refractivity contribution is 7.80. The summed E-state index contributed by atoms with van der Waals surface area (Å²) in [5.74, 6) is 0.565. The van der Waals surface area contributed by atoms with Crippen LogP contribution in [0.25, 0.3) is 0 Å². The number of benzene rings is 2. The first-order valence-electron chi connectivity index (χ1n) is 8.15. The zero-order chi connectivity index (χ0) is 17.7. The van der Waals surface area contributed by atoms with Gasteiger partial charge >= 0.3 is 0 Å². The molecule has 0 aliphatic carbocycles. The number of thiocarbonyl (C=S) groups is 1. The van der Waals surface area contributed by atoms with Crippen molar-refractivity contribution >= 4 is 28.8 Å². The van der Waals surface area contributed by atoms with Crippen molar-refractivity contribution in [2.45, 2.75) is 39.7 Å². The first-order chi connectivity index (χ1) is 11.4. The van der Waals surface area contributed by atoms with Gasteiger partial charge in [-0.2, -0.15) is 0 Å². The van der Waals surface area contributed by atoms with E-state index >= 15 is 0 Å². The van der Waals surface area contributed by atoms with E-state index in [1.807, 2.05) is 12.1 Å². The fourth-order valence-corrected chi connectivity index (χ4v) is 2.73. The van der Waals surface area contributed by atoms with Gasteiger partial charge in [0.05, 0.1) is 6.04 Å². The number of anilines is 1. The van der Waals surface area contributed by atoms with E-state index in [2.05, 4.69) is 55.7 Å². The lowest BCUT2D eigenvalue weighted by molar-refractivity contribution is 0.101. The third-order valence-electron chi connectivity index (χ3n) is 3.98. The molecule has 0 radical (unpaired) electrons. The Morgan fingerprint density at radius 1 is 1.00 bits per heavy atom. The van der Waals surface area contributed by atoms with Crippen molar-refractivity contribution in [1.29, 1.82) is 0 Å². The number of hydrogen-bond acceptors (Lipinski definition) is 2. The maximum atomic E-state index is 11.4. The van der Waals surface area contributed by atoms with Crippen LogP contribution in [-0.4, -0.2) is 10.9 Å². The molecule has 126 valence electrons. The van der Waals surface area contributed by atoms with E-state index in [0.29, 0.717) is 16.6 Å². The quantitative estimate of drug-likeness (QED) is 0.589. The topological polar surface area (TPSA) is 41.1 Å². The summed E-state index contributed by atoms with van der Waals surface area (Å²) < 4.78 is 0. The fraction of sp³-hybridized carbons (Fsp3) is 0.300. The minimum atomic E-state index is 0.0381. The highest BCUT2D eigenvalue weighted by Crippen LogP contribution is 2.19. The Bertz CT molecular complexity index is 723. The summed E-state index contributed by atoms with van der Waals surface area (Å²) in [6.07, 6.45) is 0. The lowest BCUT2D eigenvalue weighted by atomic mass is 10.00. The average molecular weight is 340 g/mol. The lowest BCUT2D eigenvalue weighted by Gasteiger charge is -2.18. The molecule has 0 saturated carbocycles. The minimum absolute atomic E-state index is 0.0381. The van der Waals surface area contributed by atoms with Crippen molar-refractivity contribution in [1.82, 2.24) is 5.32 Å². The van der Waals surface area contributed by atoms with Crippen molar-refractivity contribution in [2.75, 3.05) is 5.32 Å². The number of hydrogen-bond donors (Lipinski definition) is 2. The van der Waals surface area contributed by atoms with Gasteiger partial charge in [-0.1, -0.05) is 50.2 Å². The normalized spacial score (nSPS) is 11.9. The summed E-state index contributed by atoms with van der Waals surface area (Å²) in [5, 5.41) is 6.95. The van der Waals surface area contributed by atoms with E-state index in [1.165, 1.54) is 11.1 Å². The van der Waals surface area contributed by atoms with Crippen LogP contribution in [0.2, 0.25) is 0 Å². The fourth-order valence-electron chi connectivity index (χ4n) is 2.43. The van der Waals surface area contributed by atoms with Crippen molar-refractivity contribution in [3.05, 3.63) is 65.2 Å². The summed E-state index contributed by atoms with van der Waals surface area (Å²) in [6.45, 7) is 8.00. The first-order valence-corrected chi connectivity index (χ1v) is 8.56. The van der Waals surface area contributed by atoms with Gasteiger partial charge in [0.2, 0.25) is 0 Å². The lowest BCUT2D eigenvalue weighted by Crippen LogP contribution is -2.30. The van der Waals surface area contributed by atoms with Crippen LogP contribution in [0, 0.1) is 0 Å². The second kappa shape index (κ2) is 8.06. The van der Waals surface area contributed by atoms with Crippen LogP contribution in [0.1, 0.15) is 61.1 Å². The van der Waals surface area contributed by atoms with Crippen LogP contribution in [0.3, 0.4) is 0 Å². The molecule has 0 aliphatic heterocycles. The van der Waals surface area contributed by atoms with Crippen LogP contribution in [-0.2, 0) is 0 Å². The Morgan fingerprint density at radius 2 is 1.62 bits per heavy atom. The monoisotopic (exact) mass is 340 g/mol. The molecule has 4 heteroatoms. The molecule has 2 aromatic rings. The third-order valence-corrected chi connectivity index (χ3v) is 4.20. The zero-order valence-electron chi connectivity index (χ0n) is 14.6. The van der Waals surface area contributed by atoms with Gasteiger partial charge in [0, 0.05) is 11.3 Å². The highest BCUT2D eigenvalue weighted by atomic mass is 32.1. The van der Waals surface area contributed by atoms with E-state index in [0.717, 1.165) is 5.69 Å². The van der Waals surface area contributed by atoms with E-state index in [-0.39, 0.29) is 11.8 Å². The maximum absolute atomic E-state index is 11.4. The van der Waals surface area contributed by atoms with E-state index < -0.39 is 0 Å². The van der Waals surface area contributed by atoms with Crippen molar-refractivity contribution < 1.29 is 4.79 Å². The Balaban J connectivity index is 1.98. The molecule has 0 spiro atoms. The van der Waals surface area contributed by atoms with Gasteiger partial charge in [0.15, 0.2) is 10.9 Å². The number of carbonyl (C=O) groups is 1. The summed E-state index contributed by atoms with van der Waals surface area (Å²) in [5.41, 5.74) is 3.98. The molecule has 1 atom stereocenters.